The number of hydrogen-bond acceptors (Lipinski definition) is 8. The van der Waals surface area contributed by atoms with Crippen molar-refractivity contribution in [2.45, 2.75) is 62.0 Å². The Balaban J connectivity index is 1.37. The van der Waals surface area contributed by atoms with E-state index >= 15 is 0 Å². The number of carboxylic acid groups (broad SMARTS) is 1. The maximum atomic E-state index is 13.5. The van der Waals surface area contributed by atoms with Gasteiger partial charge in [0.25, 0.3) is 5.91 Å². The van der Waals surface area contributed by atoms with E-state index < -0.39 is 39.5 Å². The fourth-order valence-electron chi connectivity index (χ4n) is 4.92. The second kappa shape index (κ2) is 12.6. The smallest absolute Gasteiger partial charge is 0.359 e. The Morgan fingerprint density at radius 1 is 1.00 bits per heavy atom. The van der Waals surface area contributed by atoms with Crippen LogP contribution in [0, 0.1) is 5.82 Å². The number of hydrogen-bond donors (Lipinski definition) is 2. The number of carbonyl (C=O) groups excluding carboxylic acids is 1. The average molecular weight is 604 g/mol. The van der Waals surface area contributed by atoms with Gasteiger partial charge in [0.05, 0.1) is 11.0 Å². The topological polar surface area (TPSA) is 135 Å². The zero-order valence-corrected chi connectivity index (χ0v) is 23.8. The van der Waals surface area contributed by atoms with Crippen molar-refractivity contribution in [2.75, 3.05) is 18.4 Å². The van der Waals surface area contributed by atoms with Crippen LogP contribution >= 0.6 is 11.3 Å². The van der Waals surface area contributed by atoms with Crippen LogP contribution in [0.3, 0.4) is 0 Å². The molecule has 1 atom stereocenters. The molecule has 1 amide bonds. The van der Waals surface area contributed by atoms with Gasteiger partial charge in [-0.15, -0.1) is 0 Å². The van der Waals surface area contributed by atoms with Crippen molar-refractivity contribution in [3.05, 3.63) is 65.6 Å². The summed E-state index contributed by atoms with van der Waals surface area (Å²) in [6, 6.07) is 11.2. The maximum Gasteiger partial charge on any atom is 0.359 e. The zero-order valence-electron chi connectivity index (χ0n) is 22.1. The SMILES string of the molecule is O=C(O)c1nc(NC(=O)C(OC2CCCC2)c2ccc(S(=O)(=O)N3CCCCC3)cc2)sc1Oc1ccc(F)cc1. The van der Waals surface area contributed by atoms with Gasteiger partial charge in [0, 0.05) is 13.1 Å². The minimum Gasteiger partial charge on any atom is -0.476 e. The van der Waals surface area contributed by atoms with Crippen molar-refractivity contribution in [3.8, 4) is 10.8 Å². The Morgan fingerprint density at radius 3 is 2.29 bits per heavy atom. The lowest BCUT2D eigenvalue weighted by Crippen LogP contribution is -2.35. The molecular formula is C28H30FN3O7S2. The van der Waals surface area contributed by atoms with E-state index in [0.29, 0.717) is 18.7 Å². The summed E-state index contributed by atoms with van der Waals surface area (Å²) in [6.07, 6.45) is 4.97. The van der Waals surface area contributed by atoms with Crippen LogP contribution in [-0.4, -0.2) is 53.9 Å². The normalized spacial score (nSPS) is 17.3. The van der Waals surface area contributed by atoms with E-state index in [1.54, 1.807) is 12.1 Å². The third-order valence-corrected chi connectivity index (χ3v) is 9.82. The summed E-state index contributed by atoms with van der Waals surface area (Å²) < 4.78 is 52.7. The first kappa shape index (κ1) is 29.1. The molecule has 2 aromatic carbocycles. The summed E-state index contributed by atoms with van der Waals surface area (Å²) in [5, 5.41) is 12.1. The van der Waals surface area contributed by atoms with Crippen LogP contribution in [0.4, 0.5) is 9.52 Å². The van der Waals surface area contributed by atoms with Crippen LogP contribution in [0.15, 0.2) is 53.4 Å². The van der Waals surface area contributed by atoms with Crippen LogP contribution in [0.2, 0.25) is 0 Å². The summed E-state index contributed by atoms with van der Waals surface area (Å²) in [6.45, 7) is 0.970. The van der Waals surface area contributed by atoms with E-state index in [4.69, 9.17) is 9.47 Å². The Labute approximate surface area is 241 Å². The predicted molar refractivity (Wildman–Crippen MR) is 149 cm³/mol. The van der Waals surface area contributed by atoms with Crippen LogP contribution in [-0.2, 0) is 19.6 Å². The van der Waals surface area contributed by atoms with Crippen molar-refractivity contribution in [2.24, 2.45) is 0 Å². The molecule has 2 N–H and O–H groups in total. The van der Waals surface area contributed by atoms with Gasteiger partial charge in [0.15, 0.2) is 11.2 Å². The lowest BCUT2D eigenvalue weighted by atomic mass is 10.1. The number of carbonyl (C=O) groups is 2. The fraction of sp³-hybridized carbons (Fsp3) is 0.393. The standard InChI is InChI=1S/C28H30FN3O7S2/c29-19-10-12-21(13-11-19)39-27-23(26(34)35)30-28(40-27)31-25(33)24(38-20-6-2-3-7-20)18-8-14-22(15-9-18)41(36,37)32-16-4-1-5-17-32/h8-15,20,24H,1-7,16-17H2,(H,34,35)(H,30,31,33). The van der Waals surface area contributed by atoms with Crippen LogP contribution < -0.4 is 10.1 Å². The van der Waals surface area contributed by atoms with E-state index in [-0.39, 0.29) is 26.9 Å². The minimum atomic E-state index is -3.64. The number of benzene rings is 2. The van der Waals surface area contributed by atoms with E-state index in [1.165, 1.54) is 40.7 Å². The van der Waals surface area contributed by atoms with E-state index in [9.17, 15) is 27.5 Å². The Kier molecular flexibility index (Phi) is 8.97. The molecule has 1 aromatic heterocycles. The number of sulfonamides is 1. The Hall–Kier alpha value is -3.39. The number of rotatable bonds is 10. The van der Waals surface area contributed by atoms with Crippen LogP contribution in [0.5, 0.6) is 10.8 Å². The van der Waals surface area contributed by atoms with Crippen molar-refractivity contribution in [1.29, 1.82) is 0 Å². The lowest BCUT2D eigenvalue weighted by Gasteiger charge is -2.26. The number of nitrogens with one attached hydrogen (secondary N) is 1. The van der Waals surface area contributed by atoms with E-state index in [1.807, 2.05) is 0 Å². The second-order valence-electron chi connectivity index (χ2n) is 9.96. The number of aromatic carboxylic acids is 1. The lowest BCUT2D eigenvalue weighted by molar-refractivity contribution is -0.131. The molecule has 218 valence electrons. The molecule has 1 saturated carbocycles. The number of aromatic nitrogens is 1. The Morgan fingerprint density at radius 2 is 1.66 bits per heavy atom. The number of anilines is 1. The van der Waals surface area contributed by atoms with Gasteiger partial charge in [-0.2, -0.15) is 4.31 Å². The maximum absolute atomic E-state index is 13.5. The number of halogens is 1. The number of thiazole rings is 1. The summed E-state index contributed by atoms with van der Waals surface area (Å²) in [5.74, 6) is -2.21. The molecule has 2 heterocycles. The molecule has 1 aliphatic carbocycles. The Bertz CT molecular complexity index is 1480. The van der Waals surface area contributed by atoms with Crippen LogP contribution in [0.1, 0.15) is 67.1 Å². The molecule has 13 heteroatoms. The zero-order chi connectivity index (χ0) is 29.0. The minimum absolute atomic E-state index is 0.0196. The highest BCUT2D eigenvalue weighted by molar-refractivity contribution is 7.89. The van der Waals surface area contributed by atoms with Gasteiger partial charge in [-0.25, -0.2) is 22.6 Å². The molecule has 10 nitrogen and oxygen atoms in total. The van der Waals surface area contributed by atoms with Gasteiger partial charge >= 0.3 is 5.97 Å². The summed E-state index contributed by atoms with van der Waals surface area (Å²) in [7, 11) is -3.64. The third-order valence-electron chi connectivity index (χ3n) is 7.06. The van der Waals surface area contributed by atoms with Crippen LogP contribution in [0.25, 0.3) is 0 Å². The molecule has 0 radical (unpaired) electrons. The first-order valence-corrected chi connectivity index (χ1v) is 15.7. The number of amides is 1. The molecule has 1 saturated heterocycles. The molecule has 1 unspecified atom stereocenters. The van der Waals surface area contributed by atoms with E-state index in [0.717, 1.165) is 56.3 Å². The molecule has 0 bridgehead atoms. The number of ether oxygens (including phenoxy) is 2. The average Bonchev–Trinajstić information content (AvgIpc) is 3.63. The van der Waals surface area contributed by atoms with Gasteiger partial charge in [-0.1, -0.05) is 42.7 Å². The summed E-state index contributed by atoms with van der Waals surface area (Å²) in [4.78, 5) is 29.4. The monoisotopic (exact) mass is 603 g/mol. The highest BCUT2D eigenvalue weighted by atomic mass is 32.2. The molecule has 41 heavy (non-hydrogen) atoms. The predicted octanol–water partition coefficient (Wildman–Crippen LogP) is 5.59. The summed E-state index contributed by atoms with van der Waals surface area (Å²) >= 11 is 0.812. The quantitative estimate of drug-likeness (QED) is 0.306. The number of carboxylic acids is 1. The van der Waals surface area contributed by atoms with Crippen molar-refractivity contribution < 1.29 is 37.0 Å². The molecule has 2 aliphatic rings. The van der Waals surface area contributed by atoms with Crippen molar-refractivity contribution in [3.63, 3.8) is 0 Å². The first-order valence-electron chi connectivity index (χ1n) is 13.4. The highest BCUT2D eigenvalue weighted by Crippen LogP contribution is 2.36. The summed E-state index contributed by atoms with van der Waals surface area (Å²) in [5.41, 5.74) is 0.0555. The highest BCUT2D eigenvalue weighted by Gasteiger charge is 2.31. The van der Waals surface area contributed by atoms with Gasteiger partial charge in [0.1, 0.15) is 11.6 Å². The van der Waals surface area contributed by atoms with Gasteiger partial charge < -0.3 is 14.6 Å². The van der Waals surface area contributed by atoms with Gasteiger partial charge in [-0.3, -0.25) is 10.1 Å². The molecule has 0 spiro atoms. The molecular weight excluding hydrogens is 573 g/mol. The number of piperidine rings is 1. The number of nitrogens with zero attached hydrogens (tertiary/aromatic N) is 2. The fourth-order valence-corrected chi connectivity index (χ4v) is 7.27. The first-order chi connectivity index (χ1) is 19.7. The van der Waals surface area contributed by atoms with Gasteiger partial charge in [-0.05, 0) is 67.6 Å². The van der Waals surface area contributed by atoms with Crippen molar-refractivity contribution >= 4 is 38.4 Å². The third kappa shape index (κ3) is 6.92. The van der Waals surface area contributed by atoms with Crippen molar-refractivity contribution in [1.82, 2.24) is 9.29 Å². The molecule has 5 rings (SSSR count). The second-order valence-corrected chi connectivity index (χ2v) is 12.9. The molecule has 3 aromatic rings. The molecule has 2 fully saturated rings. The largest absolute Gasteiger partial charge is 0.476 e. The van der Waals surface area contributed by atoms with Gasteiger partial charge in [0.2, 0.25) is 20.8 Å². The molecule has 1 aliphatic heterocycles. The van der Waals surface area contributed by atoms with E-state index in [2.05, 4.69) is 10.3 Å².